The second kappa shape index (κ2) is 3.83. The summed E-state index contributed by atoms with van der Waals surface area (Å²) in [6.07, 6.45) is 0. The number of nitrogens with zero attached hydrogens (tertiary/aromatic N) is 3. The summed E-state index contributed by atoms with van der Waals surface area (Å²) < 4.78 is 0.948. The highest BCUT2D eigenvalue weighted by atomic mass is 16.3. The molecule has 0 aromatic carbocycles. The molecule has 2 aromatic rings. The maximum Gasteiger partial charge on any atom is 0.274 e. The molecular formula is C10H13N5O3. The normalized spacial score (nSPS) is 11.7. The van der Waals surface area contributed by atoms with E-state index in [1.807, 2.05) is 20.8 Å². The molecule has 0 amide bonds. The van der Waals surface area contributed by atoms with E-state index in [0.717, 1.165) is 10.7 Å². The maximum absolute atomic E-state index is 11.8. The van der Waals surface area contributed by atoms with Crippen LogP contribution < -0.4 is 11.1 Å². The lowest BCUT2D eigenvalue weighted by Crippen LogP contribution is -2.29. The van der Waals surface area contributed by atoms with Gasteiger partial charge in [-0.1, -0.05) is 20.8 Å². The summed E-state index contributed by atoms with van der Waals surface area (Å²) in [6.45, 7) is 5.50. The number of hydrogen-bond donors (Lipinski definition) is 3. The van der Waals surface area contributed by atoms with Gasteiger partial charge in [0.15, 0.2) is 0 Å². The molecule has 0 bridgehead atoms. The molecule has 18 heavy (non-hydrogen) atoms. The van der Waals surface area contributed by atoms with Gasteiger partial charge in [-0.25, -0.2) is 0 Å². The lowest BCUT2D eigenvalue weighted by atomic mass is 9.93. The first kappa shape index (κ1) is 12.1. The van der Waals surface area contributed by atoms with Gasteiger partial charge in [0.25, 0.3) is 17.1 Å². The zero-order valence-electron chi connectivity index (χ0n) is 10.2. The summed E-state index contributed by atoms with van der Waals surface area (Å²) in [5.41, 5.74) is -1.08. The van der Waals surface area contributed by atoms with E-state index < -0.39 is 16.5 Å². The van der Waals surface area contributed by atoms with Crippen LogP contribution in [0.25, 0.3) is 5.95 Å². The average molecular weight is 251 g/mol. The fourth-order valence-electron chi connectivity index (χ4n) is 1.46. The van der Waals surface area contributed by atoms with Gasteiger partial charge < -0.3 is 5.11 Å². The standard InChI is InChI=1S/C10H13N5O3/c1-10(2,3)7-8(18)11-9(13-12-7)15-6(17)4-5(16)14-15/h4,17H,1-3H3,(H,14,16)(H,11,13,18). The van der Waals surface area contributed by atoms with E-state index in [0.29, 0.717) is 0 Å². The summed E-state index contributed by atoms with van der Waals surface area (Å²) in [6, 6.07) is 0.970. The summed E-state index contributed by atoms with van der Waals surface area (Å²) in [7, 11) is 0. The van der Waals surface area contributed by atoms with Crippen molar-refractivity contribution < 1.29 is 5.11 Å². The first-order valence-corrected chi connectivity index (χ1v) is 5.28. The molecule has 0 aliphatic carbocycles. The molecule has 0 saturated heterocycles. The predicted octanol–water partition coefficient (Wildman–Crippen LogP) is -0.353. The van der Waals surface area contributed by atoms with E-state index in [-0.39, 0.29) is 17.5 Å². The van der Waals surface area contributed by atoms with E-state index in [2.05, 4.69) is 20.3 Å². The summed E-state index contributed by atoms with van der Waals surface area (Å²) in [4.78, 5) is 25.3. The van der Waals surface area contributed by atoms with Crippen molar-refractivity contribution in [2.24, 2.45) is 0 Å². The highest BCUT2D eigenvalue weighted by molar-refractivity contribution is 5.19. The van der Waals surface area contributed by atoms with Crippen LogP contribution in [0.3, 0.4) is 0 Å². The predicted molar refractivity (Wildman–Crippen MR) is 63.0 cm³/mol. The minimum absolute atomic E-state index is 0.0485. The number of aromatic hydroxyl groups is 1. The van der Waals surface area contributed by atoms with Gasteiger partial charge >= 0.3 is 0 Å². The van der Waals surface area contributed by atoms with Gasteiger partial charge in [-0.3, -0.25) is 19.7 Å². The first-order chi connectivity index (χ1) is 8.29. The number of hydrogen-bond acceptors (Lipinski definition) is 5. The van der Waals surface area contributed by atoms with Crippen LogP contribution in [-0.4, -0.2) is 30.1 Å². The Labute approximate surface area is 101 Å². The molecule has 0 saturated carbocycles. The highest BCUT2D eigenvalue weighted by Gasteiger charge is 2.21. The van der Waals surface area contributed by atoms with Crippen LogP contribution in [0.15, 0.2) is 15.7 Å². The molecule has 2 rings (SSSR count). The van der Waals surface area contributed by atoms with Crippen LogP contribution >= 0.6 is 0 Å². The lowest BCUT2D eigenvalue weighted by molar-refractivity contribution is 0.427. The van der Waals surface area contributed by atoms with Gasteiger partial charge in [-0.05, 0) is 0 Å². The van der Waals surface area contributed by atoms with Crippen LogP contribution in [0, 0.1) is 0 Å². The summed E-state index contributed by atoms with van der Waals surface area (Å²) in [5, 5.41) is 19.3. The van der Waals surface area contributed by atoms with Crippen molar-refractivity contribution in [2.45, 2.75) is 26.2 Å². The maximum atomic E-state index is 11.8. The second-order valence-corrected chi connectivity index (χ2v) is 4.89. The van der Waals surface area contributed by atoms with Crippen molar-refractivity contribution in [1.29, 1.82) is 0 Å². The van der Waals surface area contributed by atoms with Crippen molar-refractivity contribution in [3.8, 4) is 11.8 Å². The lowest BCUT2D eigenvalue weighted by Gasteiger charge is -2.15. The van der Waals surface area contributed by atoms with E-state index >= 15 is 0 Å². The minimum Gasteiger partial charge on any atom is -0.493 e. The number of aromatic nitrogens is 5. The zero-order chi connectivity index (χ0) is 13.5. The second-order valence-electron chi connectivity index (χ2n) is 4.89. The highest BCUT2D eigenvalue weighted by Crippen LogP contribution is 2.15. The van der Waals surface area contributed by atoms with E-state index in [1.54, 1.807) is 0 Å². The van der Waals surface area contributed by atoms with Gasteiger partial charge in [-0.15, -0.1) is 10.2 Å². The molecule has 0 fully saturated rings. The summed E-state index contributed by atoms with van der Waals surface area (Å²) in [5.74, 6) is -0.402. The number of nitrogens with one attached hydrogen (secondary N) is 2. The largest absolute Gasteiger partial charge is 0.493 e. The Morgan fingerprint density at radius 1 is 1.28 bits per heavy atom. The first-order valence-electron chi connectivity index (χ1n) is 5.28. The molecule has 0 radical (unpaired) electrons. The van der Waals surface area contributed by atoms with Crippen LogP contribution in [0.2, 0.25) is 0 Å². The number of H-pyrrole nitrogens is 2. The molecule has 96 valence electrons. The third kappa shape index (κ3) is 2.04. The van der Waals surface area contributed by atoms with Crippen molar-refractivity contribution in [2.75, 3.05) is 0 Å². The third-order valence-electron chi connectivity index (χ3n) is 2.32. The quantitative estimate of drug-likeness (QED) is 0.640. The smallest absolute Gasteiger partial charge is 0.274 e. The summed E-state index contributed by atoms with van der Waals surface area (Å²) >= 11 is 0. The van der Waals surface area contributed by atoms with Crippen molar-refractivity contribution in [3.05, 3.63) is 32.5 Å². The Balaban J connectivity index is 2.57. The van der Waals surface area contributed by atoms with E-state index in [4.69, 9.17) is 0 Å². The fourth-order valence-corrected chi connectivity index (χ4v) is 1.46. The van der Waals surface area contributed by atoms with Gasteiger partial charge in [0.2, 0.25) is 5.88 Å². The van der Waals surface area contributed by atoms with Crippen molar-refractivity contribution in [3.63, 3.8) is 0 Å². The Kier molecular flexibility index (Phi) is 2.57. The molecule has 2 aromatic heterocycles. The SMILES string of the molecule is CC(C)(C)c1nnc(-n2[nH]c(=O)cc2O)[nH]c1=O. The van der Waals surface area contributed by atoms with Gasteiger partial charge in [0, 0.05) is 5.41 Å². The topological polar surface area (TPSA) is 117 Å². The van der Waals surface area contributed by atoms with Crippen LogP contribution in [0.4, 0.5) is 0 Å². The molecule has 0 aliphatic heterocycles. The minimum atomic E-state index is -0.505. The van der Waals surface area contributed by atoms with Crippen molar-refractivity contribution in [1.82, 2.24) is 25.0 Å². The Hall–Kier alpha value is -2.38. The van der Waals surface area contributed by atoms with Crippen LogP contribution in [-0.2, 0) is 5.41 Å². The molecule has 8 heteroatoms. The van der Waals surface area contributed by atoms with Gasteiger partial charge in [0.05, 0.1) is 6.07 Å². The molecule has 0 atom stereocenters. The number of aromatic amines is 2. The molecular weight excluding hydrogens is 238 g/mol. The van der Waals surface area contributed by atoms with Gasteiger partial charge in [-0.2, -0.15) is 4.68 Å². The Bertz CT molecular complexity index is 689. The monoisotopic (exact) mass is 251 g/mol. The van der Waals surface area contributed by atoms with Crippen LogP contribution in [0.5, 0.6) is 5.88 Å². The number of rotatable bonds is 1. The molecule has 0 spiro atoms. The third-order valence-corrected chi connectivity index (χ3v) is 2.32. The van der Waals surface area contributed by atoms with Crippen LogP contribution in [0.1, 0.15) is 26.5 Å². The molecule has 2 heterocycles. The van der Waals surface area contributed by atoms with E-state index in [1.165, 1.54) is 0 Å². The molecule has 3 N–H and O–H groups in total. The van der Waals surface area contributed by atoms with E-state index in [9.17, 15) is 14.7 Å². The molecule has 0 aliphatic rings. The zero-order valence-corrected chi connectivity index (χ0v) is 10.2. The Morgan fingerprint density at radius 3 is 2.39 bits per heavy atom. The average Bonchev–Trinajstić information content (AvgIpc) is 2.55. The molecule has 8 nitrogen and oxygen atoms in total. The molecule has 0 unspecified atom stereocenters. The fraction of sp³-hybridized carbons (Fsp3) is 0.400. The van der Waals surface area contributed by atoms with Gasteiger partial charge in [0.1, 0.15) is 5.69 Å². The Morgan fingerprint density at radius 2 is 1.94 bits per heavy atom. The van der Waals surface area contributed by atoms with Crippen molar-refractivity contribution >= 4 is 0 Å².